The van der Waals surface area contributed by atoms with Crippen LogP contribution >= 0.6 is 27.7 Å². The summed E-state index contributed by atoms with van der Waals surface area (Å²) in [6.45, 7) is 2.18. The van der Waals surface area contributed by atoms with E-state index in [0.717, 1.165) is 5.75 Å². The van der Waals surface area contributed by atoms with Crippen molar-refractivity contribution in [2.75, 3.05) is 16.8 Å². The molecule has 0 radical (unpaired) electrons. The normalized spacial score (nSPS) is 30.4. The molecule has 0 bridgehead atoms. The summed E-state index contributed by atoms with van der Waals surface area (Å²) in [5.74, 6) is 2.97. The average Bonchev–Trinajstić information content (AvgIpc) is 2.37. The molecule has 64 valence electrons. The summed E-state index contributed by atoms with van der Waals surface area (Å²) in [7, 11) is 0. The molecule has 1 fully saturated rings. The fraction of sp³-hybridized carbons (Fsp3) is 0.857. The van der Waals surface area contributed by atoms with Gasteiger partial charge in [-0.25, -0.2) is 0 Å². The number of hydrogen-bond donors (Lipinski definition) is 1. The van der Waals surface area contributed by atoms with Crippen LogP contribution in [-0.4, -0.2) is 28.8 Å². The molecule has 11 heavy (non-hydrogen) atoms. The molecule has 1 aliphatic rings. The van der Waals surface area contributed by atoms with Gasteiger partial charge in [0.25, 0.3) is 0 Å². The molecule has 2 atom stereocenters. The largest absolute Gasteiger partial charge is 0.352 e. The number of rotatable bonds is 2. The summed E-state index contributed by atoms with van der Waals surface area (Å²) < 4.78 is 0. The van der Waals surface area contributed by atoms with E-state index >= 15 is 0 Å². The van der Waals surface area contributed by atoms with E-state index in [4.69, 9.17) is 0 Å². The Bertz CT molecular complexity index is 153. The van der Waals surface area contributed by atoms with Gasteiger partial charge in [0, 0.05) is 11.8 Å². The highest BCUT2D eigenvalue weighted by Gasteiger charge is 2.24. The highest BCUT2D eigenvalue weighted by Crippen LogP contribution is 2.23. The quantitative estimate of drug-likeness (QED) is 0.733. The standard InChI is InChI=1S/C7H12BrNOS/c1-5-3-11-4-6(5)9-7(10)2-8/h5-6H,2-4H2,1H3,(H,9,10). The summed E-state index contributed by atoms with van der Waals surface area (Å²) in [5.41, 5.74) is 0. The Hall–Kier alpha value is 0.300. The van der Waals surface area contributed by atoms with Crippen molar-refractivity contribution in [1.29, 1.82) is 0 Å². The molecular formula is C7H12BrNOS. The molecule has 1 heterocycles. The molecule has 0 aliphatic carbocycles. The zero-order valence-electron chi connectivity index (χ0n) is 6.47. The number of hydrogen-bond acceptors (Lipinski definition) is 2. The van der Waals surface area contributed by atoms with Crippen LogP contribution in [0.1, 0.15) is 6.92 Å². The maximum Gasteiger partial charge on any atom is 0.230 e. The van der Waals surface area contributed by atoms with Crippen LogP contribution in [0.3, 0.4) is 0 Å². The molecule has 2 unspecified atom stereocenters. The van der Waals surface area contributed by atoms with Crippen molar-refractivity contribution in [3.05, 3.63) is 0 Å². The second-order valence-electron chi connectivity index (χ2n) is 2.82. The van der Waals surface area contributed by atoms with Gasteiger partial charge in [-0.1, -0.05) is 22.9 Å². The van der Waals surface area contributed by atoms with Gasteiger partial charge in [-0.15, -0.1) is 0 Å². The summed E-state index contributed by atoms with van der Waals surface area (Å²) in [5, 5.41) is 3.39. The number of carbonyl (C=O) groups is 1. The summed E-state index contributed by atoms with van der Waals surface area (Å²) in [6.07, 6.45) is 0. The lowest BCUT2D eigenvalue weighted by Gasteiger charge is -2.14. The van der Waals surface area contributed by atoms with Crippen LogP contribution in [0.25, 0.3) is 0 Å². The van der Waals surface area contributed by atoms with Gasteiger partial charge in [-0.2, -0.15) is 11.8 Å². The molecule has 0 saturated carbocycles. The second kappa shape index (κ2) is 4.36. The SMILES string of the molecule is CC1CSCC1NC(=O)CBr. The van der Waals surface area contributed by atoms with Crippen LogP contribution in [-0.2, 0) is 4.79 Å². The third kappa shape index (κ3) is 2.67. The van der Waals surface area contributed by atoms with Crippen molar-refractivity contribution in [1.82, 2.24) is 5.32 Å². The van der Waals surface area contributed by atoms with E-state index in [1.165, 1.54) is 5.75 Å². The van der Waals surface area contributed by atoms with Crippen molar-refractivity contribution >= 4 is 33.6 Å². The number of nitrogens with one attached hydrogen (secondary N) is 1. The molecule has 1 saturated heterocycles. The van der Waals surface area contributed by atoms with Crippen molar-refractivity contribution in [2.24, 2.45) is 5.92 Å². The Balaban J connectivity index is 2.30. The lowest BCUT2D eigenvalue weighted by Crippen LogP contribution is -2.39. The van der Waals surface area contributed by atoms with Gasteiger partial charge in [0.2, 0.25) is 5.91 Å². The number of halogens is 1. The molecule has 4 heteroatoms. The molecule has 1 rings (SSSR count). The molecule has 1 amide bonds. The number of thioether (sulfide) groups is 1. The second-order valence-corrected chi connectivity index (χ2v) is 4.46. The monoisotopic (exact) mass is 237 g/mol. The van der Waals surface area contributed by atoms with Crippen molar-refractivity contribution in [3.8, 4) is 0 Å². The lowest BCUT2D eigenvalue weighted by atomic mass is 10.1. The maximum absolute atomic E-state index is 10.9. The average molecular weight is 238 g/mol. The predicted octanol–water partition coefficient (Wildman–Crippen LogP) is 1.25. The van der Waals surface area contributed by atoms with Crippen molar-refractivity contribution in [2.45, 2.75) is 13.0 Å². The molecule has 1 N–H and O–H groups in total. The first-order valence-corrected chi connectivity index (χ1v) is 5.94. The van der Waals surface area contributed by atoms with Gasteiger partial charge in [0.1, 0.15) is 0 Å². The van der Waals surface area contributed by atoms with Crippen molar-refractivity contribution < 1.29 is 4.79 Å². The van der Waals surface area contributed by atoms with Crippen LogP contribution in [0.15, 0.2) is 0 Å². The van der Waals surface area contributed by atoms with E-state index in [1.807, 2.05) is 11.8 Å². The van der Waals surface area contributed by atoms with E-state index in [1.54, 1.807) is 0 Å². The third-order valence-electron chi connectivity index (χ3n) is 1.83. The highest BCUT2D eigenvalue weighted by molar-refractivity contribution is 9.09. The summed E-state index contributed by atoms with van der Waals surface area (Å²) in [6, 6.07) is 0.394. The Labute approximate surface area is 79.6 Å². The van der Waals surface area contributed by atoms with Crippen LogP contribution in [0.4, 0.5) is 0 Å². The zero-order chi connectivity index (χ0) is 8.27. The fourth-order valence-electron chi connectivity index (χ4n) is 1.09. The fourth-order valence-corrected chi connectivity index (χ4v) is 2.66. The molecular weight excluding hydrogens is 226 g/mol. The van der Waals surface area contributed by atoms with Crippen molar-refractivity contribution in [3.63, 3.8) is 0 Å². The number of carbonyl (C=O) groups excluding carboxylic acids is 1. The Morgan fingerprint density at radius 3 is 2.91 bits per heavy atom. The minimum absolute atomic E-state index is 0.101. The number of amides is 1. The summed E-state index contributed by atoms with van der Waals surface area (Å²) in [4.78, 5) is 10.9. The van der Waals surface area contributed by atoms with E-state index in [9.17, 15) is 4.79 Å². The molecule has 0 aromatic carbocycles. The lowest BCUT2D eigenvalue weighted by molar-refractivity contribution is -0.119. The topological polar surface area (TPSA) is 29.1 Å². The Kier molecular flexibility index (Phi) is 3.72. The minimum atomic E-state index is 0.101. The van der Waals surface area contributed by atoms with Gasteiger partial charge in [-0.05, 0) is 11.7 Å². The van der Waals surface area contributed by atoms with Gasteiger partial charge < -0.3 is 5.32 Å². The predicted molar refractivity (Wildman–Crippen MR) is 52.2 cm³/mol. The molecule has 2 nitrogen and oxygen atoms in total. The Morgan fingerprint density at radius 2 is 2.45 bits per heavy atom. The minimum Gasteiger partial charge on any atom is -0.352 e. The van der Waals surface area contributed by atoms with E-state index in [0.29, 0.717) is 17.3 Å². The third-order valence-corrected chi connectivity index (χ3v) is 3.70. The molecule has 0 aromatic rings. The Morgan fingerprint density at radius 1 is 1.73 bits per heavy atom. The van der Waals surface area contributed by atoms with Gasteiger partial charge in [0.05, 0.1) is 5.33 Å². The van der Waals surface area contributed by atoms with E-state index in [-0.39, 0.29) is 5.91 Å². The molecule has 1 aliphatic heterocycles. The maximum atomic E-state index is 10.9. The van der Waals surface area contributed by atoms with E-state index in [2.05, 4.69) is 28.2 Å². The first-order valence-electron chi connectivity index (χ1n) is 3.67. The van der Waals surface area contributed by atoms with E-state index < -0.39 is 0 Å². The van der Waals surface area contributed by atoms with Gasteiger partial charge in [0.15, 0.2) is 0 Å². The molecule has 0 aromatic heterocycles. The summed E-state index contributed by atoms with van der Waals surface area (Å²) >= 11 is 5.04. The molecule has 0 spiro atoms. The van der Waals surface area contributed by atoms with Gasteiger partial charge >= 0.3 is 0 Å². The van der Waals surface area contributed by atoms with Crippen LogP contribution in [0.5, 0.6) is 0 Å². The van der Waals surface area contributed by atoms with Gasteiger partial charge in [-0.3, -0.25) is 4.79 Å². The first kappa shape index (κ1) is 9.39. The first-order chi connectivity index (χ1) is 5.24. The smallest absolute Gasteiger partial charge is 0.230 e. The number of alkyl halides is 1. The van der Waals surface area contributed by atoms with Crippen LogP contribution in [0, 0.1) is 5.92 Å². The van der Waals surface area contributed by atoms with Crippen LogP contribution in [0.2, 0.25) is 0 Å². The highest BCUT2D eigenvalue weighted by atomic mass is 79.9. The zero-order valence-corrected chi connectivity index (χ0v) is 8.87. The van der Waals surface area contributed by atoms with Crippen LogP contribution < -0.4 is 5.32 Å².